The predicted molar refractivity (Wildman–Crippen MR) is 113 cm³/mol. The van der Waals surface area contributed by atoms with Crippen LogP contribution < -0.4 is 15.4 Å². The molecule has 0 saturated heterocycles. The van der Waals surface area contributed by atoms with Gasteiger partial charge in [-0.1, -0.05) is 36.4 Å². The second-order valence-corrected chi connectivity index (χ2v) is 8.31. The van der Waals surface area contributed by atoms with Gasteiger partial charge in [0.2, 0.25) is 15.7 Å². The lowest BCUT2D eigenvalue weighted by molar-refractivity contribution is -0.114. The van der Waals surface area contributed by atoms with Crippen LogP contribution in [0, 0.1) is 6.92 Å². The Bertz CT molecular complexity index is 1110. The molecular weight excluding hydrogens is 388 g/mol. The quantitative estimate of drug-likeness (QED) is 0.617. The topological polar surface area (TPSA) is 84.5 Å². The smallest absolute Gasteiger partial charge is 0.243 e. The van der Waals surface area contributed by atoms with Gasteiger partial charge in [-0.25, -0.2) is 8.42 Å². The number of nitrogens with one attached hydrogen (secondary N) is 2. The van der Waals surface area contributed by atoms with Crippen molar-refractivity contribution in [3.05, 3.63) is 78.4 Å². The Hall–Kier alpha value is -3.32. The Kier molecular flexibility index (Phi) is 6.19. The molecule has 150 valence electrons. The van der Waals surface area contributed by atoms with Crippen molar-refractivity contribution >= 4 is 27.1 Å². The summed E-state index contributed by atoms with van der Waals surface area (Å²) in [5, 5.41) is 5.72. The largest absolute Gasteiger partial charge is 0.495 e. The molecule has 7 heteroatoms. The van der Waals surface area contributed by atoms with E-state index < -0.39 is 9.84 Å². The zero-order valence-electron chi connectivity index (χ0n) is 16.2. The number of aryl methyl sites for hydroxylation is 1. The minimum atomic E-state index is -3.84. The van der Waals surface area contributed by atoms with Crippen LogP contribution >= 0.6 is 0 Å². The van der Waals surface area contributed by atoms with Gasteiger partial charge in [-0.15, -0.1) is 0 Å². The maximum atomic E-state index is 13.2. The summed E-state index contributed by atoms with van der Waals surface area (Å²) < 4.78 is 31.7. The van der Waals surface area contributed by atoms with Gasteiger partial charge < -0.3 is 15.4 Å². The van der Waals surface area contributed by atoms with Crippen molar-refractivity contribution in [2.45, 2.75) is 16.7 Å². The fraction of sp³-hybridized carbons (Fsp3) is 0.136. The number of benzene rings is 3. The minimum Gasteiger partial charge on any atom is -0.495 e. The molecule has 0 fully saturated rings. The van der Waals surface area contributed by atoms with Gasteiger partial charge in [0.25, 0.3) is 0 Å². The van der Waals surface area contributed by atoms with E-state index in [4.69, 9.17) is 4.74 Å². The summed E-state index contributed by atoms with van der Waals surface area (Å²) >= 11 is 0. The highest BCUT2D eigenvalue weighted by Gasteiger charge is 2.26. The lowest BCUT2D eigenvalue weighted by Gasteiger charge is -2.16. The van der Waals surface area contributed by atoms with E-state index in [9.17, 15) is 13.2 Å². The lowest BCUT2D eigenvalue weighted by atomic mass is 10.2. The fourth-order valence-corrected chi connectivity index (χ4v) is 4.51. The number of hydrogen-bond donors (Lipinski definition) is 2. The van der Waals surface area contributed by atoms with Crippen LogP contribution in [0.3, 0.4) is 0 Å². The van der Waals surface area contributed by atoms with Crippen LogP contribution in [-0.2, 0) is 14.6 Å². The molecule has 0 aromatic heterocycles. The molecule has 3 rings (SSSR count). The van der Waals surface area contributed by atoms with Gasteiger partial charge in [-0.3, -0.25) is 4.79 Å². The zero-order chi connectivity index (χ0) is 20.9. The SMILES string of the molecule is COc1cccc(NCC(=O)Nc2cccc(C)c2)c1S(=O)(=O)c1ccccc1. The van der Waals surface area contributed by atoms with E-state index in [1.165, 1.54) is 19.2 Å². The molecule has 0 aliphatic rings. The van der Waals surface area contributed by atoms with Crippen LogP contribution in [0.2, 0.25) is 0 Å². The molecule has 3 aromatic rings. The van der Waals surface area contributed by atoms with Crippen molar-refractivity contribution in [3.8, 4) is 5.75 Å². The summed E-state index contributed by atoms with van der Waals surface area (Å²) in [6.07, 6.45) is 0. The van der Waals surface area contributed by atoms with Gasteiger partial charge in [0.1, 0.15) is 10.6 Å². The first kappa shape index (κ1) is 20.4. The minimum absolute atomic E-state index is 0.00273. The second-order valence-electron chi connectivity index (χ2n) is 6.42. The normalized spacial score (nSPS) is 11.0. The van der Waals surface area contributed by atoms with Crippen molar-refractivity contribution < 1.29 is 17.9 Å². The molecule has 0 aliphatic carbocycles. The first-order valence-corrected chi connectivity index (χ1v) is 10.5. The fourth-order valence-electron chi connectivity index (χ4n) is 2.91. The monoisotopic (exact) mass is 410 g/mol. The van der Waals surface area contributed by atoms with Crippen LogP contribution in [-0.4, -0.2) is 28.0 Å². The number of rotatable bonds is 7. The van der Waals surface area contributed by atoms with Crippen molar-refractivity contribution in [1.82, 2.24) is 0 Å². The first-order chi connectivity index (χ1) is 13.9. The molecular formula is C22H22N2O4S. The van der Waals surface area contributed by atoms with E-state index in [1.54, 1.807) is 42.5 Å². The van der Waals surface area contributed by atoms with E-state index in [0.29, 0.717) is 11.4 Å². The van der Waals surface area contributed by atoms with E-state index in [1.807, 2.05) is 25.1 Å². The first-order valence-electron chi connectivity index (χ1n) is 8.99. The van der Waals surface area contributed by atoms with Crippen LogP contribution in [0.5, 0.6) is 5.75 Å². The number of hydrogen-bond acceptors (Lipinski definition) is 5. The number of methoxy groups -OCH3 is 1. The van der Waals surface area contributed by atoms with Crippen molar-refractivity contribution in [2.75, 3.05) is 24.3 Å². The summed E-state index contributed by atoms with van der Waals surface area (Å²) in [6, 6.07) is 20.4. The van der Waals surface area contributed by atoms with Crippen LogP contribution in [0.1, 0.15) is 5.56 Å². The molecule has 1 amide bonds. The molecule has 0 atom stereocenters. The maximum absolute atomic E-state index is 13.2. The molecule has 6 nitrogen and oxygen atoms in total. The Balaban J connectivity index is 1.86. The standard InChI is InChI=1S/C22H22N2O4S/c1-16-8-6-9-17(14-16)24-21(25)15-23-19-12-7-13-20(28-2)22(19)29(26,27)18-10-4-3-5-11-18/h3-14,23H,15H2,1-2H3,(H,24,25). The van der Waals surface area contributed by atoms with E-state index in [0.717, 1.165) is 5.56 Å². The van der Waals surface area contributed by atoms with Gasteiger partial charge in [0.05, 0.1) is 24.2 Å². The van der Waals surface area contributed by atoms with E-state index >= 15 is 0 Å². The number of carbonyl (C=O) groups is 1. The molecule has 0 saturated carbocycles. The summed E-state index contributed by atoms with van der Waals surface area (Å²) in [5.74, 6) is -0.0839. The molecule has 0 aliphatic heterocycles. The van der Waals surface area contributed by atoms with Gasteiger partial charge >= 0.3 is 0 Å². The molecule has 3 aromatic carbocycles. The summed E-state index contributed by atoms with van der Waals surface area (Å²) in [5.41, 5.74) is 2.01. The van der Waals surface area contributed by atoms with Crippen LogP contribution in [0.4, 0.5) is 11.4 Å². The molecule has 29 heavy (non-hydrogen) atoms. The number of ether oxygens (including phenoxy) is 1. The summed E-state index contributed by atoms with van der Waals surface area (Å²) in [6.45, 7) is 1.84. The van der Waals surface area contributed by atoms with Crippen LogP contribution in [0.15, 0.2) is 82.6 Å². The highest BCUT2D eigenvalue weighted by atomic mass is 32.2. The molecule has 0 heterocycles. The highest BCUT2D eigenvalue weighted by molar-refractivity contribution is 7.91. The third kappa shape index (κ3) is 4.75. The molecule has 0 unspecified atom stereocenters. The summed E-state index contributed by atoms with van der Waals surface area (Å²) in [4.78, 5) is 12.5. The highest BCUT2D eigenvalue weighted by Crippen LogP contribution is 2.35. The molecule has 0 spiro atoms. The van der Waals surface area contributed by atoms with Crippen LogP contribution in [0.25, 0.3) is 0 Å². The van der Waals surface area contributed by atoms with Gasteiger partial charge in [-0.05, 0) is 48.9 Å². The summed E-state index contributed by atoms with van der Waals surface area (Å²) in [7, 11) is -2.43. The number of amides is 1. The lowest BCUT2D eigenvalue weighted by Crippen LogP contribution is -2.22. The third-order valence-corrected chi connectivity index (χ3v) is 6.11. The van der Waals surface area contributed by atoms with Gasteiger partial charge in [-0.2, -0.15) is 0 Å². The van der Waals surface area contributed by atoms with Crippen molar-refractivity contribution in [1.29, 1.82) is 0 Å². The average Bonchev–Trinajstić information content (AvgIpc) is 2.72. The zero-order valence-corrected chi connectivity index (χ0v) is 17.0. The molecule has 0 bridgehead atoms. The van der Waals surface area contributed by atoms with E-state index in [2.05, 4.69) is 10.6 Å². The van der Waals surface area contributed by atoms with Crippen molar-refractivity contribution in [2.24, 2.45) is 0 Å². The Morgan fingerprint density at radius 3 is 2.38 bits per heavy atom. The molecule has 0 radical (unpaired) electrons. The molecule has 2 N–H and O–H groups in total. The average molecular weight is 410 g/mol. The van der Waals surface area contributed by atoms with Gasteiger partial charge in [0, 0.05) is 5.69 Å². The number of anilines is 2. The Labute approximate surface area is 170 Å². The number of carbonyl (C=O) groups excluding carboxylic acids is 1. The number of sulfone groups is 1. The second kappa shape index (κ2) is 8.79. The van der Waals surface area contributed by atoms with E-state index in [-0.39, 0.29) is 28.0 Å². The Morgan fingerprint density at radius 2 is 1.69 bits per heavy atom. The van der Waals surface area contributed by atoms with Gasteiger partial charge in [0.15, 0.2) is 0 Å². The van der Waals surface area contributed by atoms with Crippen molar-refractivity contribution in [3.63, 3.8) is 0 Å². The predicted octanol–water partition coefficient (Wildman–Crippen LogP) is 3.89. The maximum Gasteiger partial charge on any atom is 0.243 e. The Morgan fingerprint density at radius 1 is 0.966 bits per heavy atom. The third-order valence-electron chi connectivity index (χ3n) is 4.26.